The number of ether oxygens (including phenoxy) is 1. The Morgan fingerprint density at radius 2 is 2.12 bits per heavy atom. The zero-order chi connectivity index (χ0) is 22.4. The maximum atomic E-state index is 13.0. The first kappa shape index (κ1) is 20.5. The minimum atomic E-state index is 0.0215. The lowest BCUT2D eigenvalue weighted by molar-refractivity contribution is 0.0709. The minimum absolute atomic E-state index is 0.0215. The number of nitrogens with two attached hydrogens (primary N) is 1. The molecule has 4 aromatic rings. The molecule has 1 aliphatic heterocycles. The van der Waals surface area contributed by atoms with E-state index < -0.39 is 0 Å². The average Bonchev–Trinajstić information content (AvgIpc) is 3.34. The van der Waals surface area contributed by atoms with E-state index in [1.54, 1.807) is 13.3 Å². The fraction of sp³-hybridized carbons (Fsp3) is 0.375. The van der Waals surface area contributed by atoms with Crippen LogP contribution in [-0.4, -0.2) is 56.2 Å². The van der Waals surface area contributed by atoms with Crippen LogP contribution in [0.15, 0.2) is 36.5 Å². The summed E-state index contributed by atoms with van der Waals surface area (Å²) >= 11 is 0. The number of pyridine rings is 1. The van der Waals surface area contributed by atoms with Gasteiger partial charge >= 0.3 is 0 Å². The van der Waals surface area contributed by atoms with Gasteiger partial charge in [-0.25, -0.2) is 9.97 Å². The second-order valence-electron chi connectivity index (χ2n) is 8.41. The van der Waals surface area contributed by atoms with Crippen molar-refractivity contribution in [3.05, 3.63) is 42.1 Å². The topological polar surface area (TPSA) is 91.2 Å². The molecule has 0 unspecified atom stereocenters. The van der Waals surface area contributed by atoms with Crippen LogP contribution >= 0.6 is 0 Å². The number of hydrogen-bond donors (Lipinski definition) is 1. The molecule has 0 radical (unpaired) electrons. The molecule has 0 aliphatic carbocycles. The first-order chi connectivity index (χ1) is 15.5. The van der Waals surface area contributed by atoms with Crippen molar-refractivity contribution in [2.75, 3.05) is 20.2 Å². The number of aromatic nitrogens is 4. The third-order valence-electron chi connectivity index (χ3n) is 6.36. The molecule has 0 spiro atoms. The highest BCUT2D eigenvalue weighted by Crippen LogP contribution is 2.31. The Morgan fingerprint density at radius 1 is 1.28 bits per heavy atom. The number of imidazole rings is 1. The van der Waals surface area contributed by atoms with Crippen molar-refractivity contribution in [3.63, 3.8) is 0 Å². The summed E-state index contributed by atoms with van der Waals surface area (Å²) in [6.07, 6.45) is 3.65. The van der Waals surface area contributed by atoms with E-state index in [0.29, 0.717) is 12.1 Å². The second-order valence-corrected chi connectivity index (χ2v) is 8.41. The Morgan fingerprint density at radius 3 is 2.88 bits per heavy atom. The van der Waals surface area contributed by atoms with Crippen LogP contribution in [0.3, 0.4) is 0 Å². The first-order valence-electron chi connectivity index (χ1n) is 11.0. The zero-order valence-corrected chi connectivity index (χ0v) is 18.7. The Balaban J connectivity index is 1.57. The Hall–Kier alpha value is -3.39. The van der Waals surface area contributed by atoms with Crippen molar-refractivity contribution in [3.8, 4) is 17.3 Å². The van der Waals surface area contributed by atoms with E-state index in [1.165, 1.54) is 0 Å². The molecule has 2 N–H and O–H groups in total. The number of methoxy groups -OCH3 is 1. The fourth-order valence-electron chi connectivity index (χ4n) is 4.68. The molecule has 5 rings (SSSR count). The summed E-state index contributed by atoms with van der Waals surface area (Å²) in [6, 6.07) is 9.89. The van der Waals surface area contributed by atoms with Crippen LogP contribution in [0.5, 0.6) is 5.75 Å². The van der Waals surface area contributed by atoms with Crippen LogP contribution in [-0.2, 0) is 13.6 Å². The summed E-state index contributed by atoms with van der Waals surface area (Å²) in [5.74, 6) is 1.58. The smallest absolute Gasteiger partial charge is 0.253 e. The Bertz CT molecular complexity index is 1320. The van der Waals surface area contributed by atoms with Crippen LogP contribution in [0.4, 0.5) is 0 Å². The van der Waals surface area contributed by atoms with Crippen molar-refractivity contribution in [1.29, 1.82) is 0 Å². The number of carbonyl (C=O) groups excluding carboxylic acids is 1. The molecule has 1 saturated heterocycles. The van der Waals surface area contributed by atoms with E-state index >= 15 is 0 Å². The van der Waals surface area contributed by atoms with E-state index in [-0.39, 0.29) is 11.9 Å². The van der Waals surface area contributed by atoms with Gasteiger partial charge in [0.1, 0.15) is 11.4 Å². The van der Waals surface area contributed by atoms with Crippen LogP contribution in [0.1, 0.15) is 30.1 Å². The molecule has 1 aliphatic rings. The summed E-state index contributed by atoms with van der Waals surface area (Å²) in [5.41, 5.74) is 10.4. The highest BCUT2D eigenvalue weighted by molar-refractivity contribution is 5.98. The van der Waals surface area contributed by atoms with Crippen molar-refractivity contribution in [2.45, 2.75) is 32.4 Å². The van der Waals surface area contributed by atoms with Crippen molar-refractivity contribution < 1.29 is 9.53 Å². The highest BCUT2D eigenvalue weighted by Gasteiger charge is 2.23. The molecule has 0 saturated carbocycles. The molecule has 8 nitrogen and oxygen atoms in total. The number of hydrogen-bond acceptors (Lipinski definition) is 5. The van der Waals surface area contributed by atoms with Gasteiger partial charge in [0, 0.05) is 43.7 Å². The van der Waals surface area contributed by atoms with Crippen LogP contribution in [0.2, 0.25) is 0 Å². The number of amides is 1. The lowest BCUT2D eigenvalue weighted by Crippen LogP contribution is -2.45. The number of fused-ring (bicyclic) bond motifs is 2. The SMILES string of the molecule is CCn1c(-c2nc3cc(C(=O)N4CCC[C@@H](N)C4)ccc3n2C)cc2cc(OC)cnc21. The summed E-state index contributed by atoms with van der Waals surface area (Å²) in [6.45, 7) is 4.22. The van der Waals surface area contributed by atoms with Gasteiger partial charge in [0.2, 0.25) is 0 Å². The number of benzene rings is 1. The predicted molar refractivity (Wildman–Crippen MR) is 125 cm³/mol. The quantitative estimate of drug-likeness (QED) is 0.535. The summed E-state index contributed by atoms with van der Waals surface area (Å²) in [5, 5.41) is 1.01. The van der Waals surface area contributed by atoms with Crippen LogP contribution < -0.4 is 10.5 Å². The van der Waals surface area contributed by atoms with E-state index in [2.05, 4.69) is 27.1 Å². The molecular weight excluding hydrogens is 404 g/mol. The molecule has 1 atom stereocenters. The van der Waals surface area contributed by atoms with Gasteiger partial charge in [0.25, 0.3) is 5.91 Å². The fourth-order valence-corrected chi connectivity index (χ4v) is 4.68. The van der Waals surface area contributed by atoms with Crippen molar-refractivity contribution >= 4 is 28.0 Å². The molecule has 32 heavy (non-hydrogen) atoms. The van der Waals surface area contributed by atoms with E-state index in [9.17, 15) is 4.79 Å². The molecule has 1 amide bonds. The molecule has 166 valence electrons. The number of piperidine rings is 1. The molecule has 8 heteroatoms. The van der Waals surface area contributed by atoms with Gasteiger partial charge < -0.3 is 24.5 Å². The number of rotatable bonds is 4. The average molecular weight is 433 g/mol. The van der Waals surface area contributed by atoms with E-state index in [4.69, 9.17) is 15.5 Å². The molecule has 4 heterocycles. The number of likely N-dealkylation sites (tertiary alicyclic amines) is 1. The van der Waals surface area contributed by atoms with Crippen LogP contribution in [0.25, 0.3) is 33.6 Å². The normalized spacial score (nSPS) is 16.8. The Kier molecular flexibility index (Phi) is 5.09. The lowest BCUT2D eigenvalue weighted by Gasteiger charge is -2.30. The molecule has 0 bridgehead atoms. The predicted octanol–water partition coefficient (Wildman–Crippen LogP) is 3.18. The standard InChI is InChI=1S/C24H28N6O2/c1-4-30-21(12-16-10-18(32-3)13-26-22(16)30)23-27-19-11-15(7-8-20(19)28(23)2)24(31)29-9-5-6-17(25)14-29/h7-8,10-13,17H,4-6,9,14,25H2,1-3H3/t17-/m1/s1. The first-order valence-corrected chi connectivity index (χ1v) is 11.0. The maximum absolute atomic E-state index is 13.0. The maximum Gasteiger partial charge on any atom is 0.253 e. The monoisotopic (exact) mass is 432 g/mol. The number of nitrogens with zero attached hydrogens (tertiary/aromatic N) is 5. The van der Waals surface area contributed by atoms with Gasteiger partial charge in [-0.2, -0.15) is 0 Å². The van der Waals surface area contributed by atoms with Crippen molar-refractivity contribution in [1.82, 2.24) is 24.0 Å². The summed E-state index contributed by atoms with van der Waals surface area (Å²) < 4.78 is 9.56. The van der Waals surface area contributed by atoms with Gasteiger partial charge in [0.05, 0.1) is 30.0 Å². The molecule has 1 aromatic carbocycles. The second kappa shape index (κ2) is 7.94. The van der Waals surface area contributed by atoms with E-state index in [1.807, 2.05) is 36.2 Å². The third-order valence-corrected chi connectivity index (χ3v) is 6.36. The molecular formula is C24H28N6O2. The molecule has 1 fully saturated rings. The lowest BCUT2D eigenvalue weighted by atomic mass is 10.1. The zero-order valence-electron chi connectivity index (χ0n) is 18.7. The Labute approximate surface area is 186 Å². The highest BCUT2D eigenvalue weighted by atomic mass is 16.5. The van der Waals surface area contributed by atoms with Gasteiger partial charge in [-0.15, -0.1) is 0 Å². The van der Waals surface area contributed by atoms with Gasteiger partial charge in [-0.1, -0.05) is 0 Å². The number of carbonyl (C=O) groups is 1. The van der Waals surface area contributed by atoms with E-state index in [0.717, 1.165) is 65.3 Å². The van der Waals surface area contributed by atoms with Gasteiger partial charge in [0.15, 0.2) is 5.82 Å². The summed E-state index contributed by atoms with van der Waals surface area (Å²) in [4.78, 5) is 24.4. The third kappa shape index (κ3) is 3.31. The van der Waals surface area contributed by atoms with Crippen LogP contribution in [0, 0.1) is 0 Å². The largest absolute Gasteiger partial charge is 0.495 e. The summed E-state index contributed by atoms with van der Waals surface area (Å²) in [7, 11) is 3.64. The van der Waals surface area contributed by atoms with Gasteiger partial charge in [-0.05, 0) is 50.1 Å². The van der Waals surface area contributed by atoms with Gasteiger partial charge in [-0.3, -0.25) is 4.79 Å². The number of aryl methyl sites for hydroxylation is 2. The van der Waals surface area contributed by atoms with Crippen molar-refractivity contribution in [2.24, 2.45) is 12.8 Å². The minimum Gasteiger partial charge on any atom is -0.495 e. The molecule has 3 aromatic heterocycles.